The minimum absolute atomic E-state index is 0.0646. The lowest BCUT2D eigenvalue weighted by Gasteiger charge is -2.22. The predicted molar refractivity (Wildman–Crippen MR) is 112 cm³/mol. The van der Waals surface area contributed by atoms with Crippen molar-refractivity contribution >= 4 is 21.2 Å². The summed E-state index contributed by atoms with van der Waals surface area (Å²) in [5.41, 5.74) is 3.06. The number of sulfone groups is 1. The number of hydrogen-bond donors (Lipinski definition) is 0. The third-order valence-electron chi connectivity index (χ3n) is 5.63. The van der Waals surface area contributed by atoms with Crippen molar-refractivity contribution in [2.24, 2.45) is 0 Å². The molecule has 0 unspecified atom stereocenters. The summed E-state index contributed by atoms with van der Waals surface area (Å²) in [6.07, 6.45) is 0.628. The van der Waals surface area contributed by atoms with Crippen molar-refractivity contribution in [3.63, 3.8) is 0 Å². The highest BCUT2D eigenvalue weighted by molar-refractivity contribution is 7.91. The van der Waals surface area contributed by atoms with E-state index in [1.165, 1.54) is 0 Å². The normalized spacial score (nSPS) is 19.8. The van der Waals surface area contributed by atoms with Gasteiger partial charge in [-0.1, -0.05) is 6.07 Å². The lowest BCUT2D eigenvalue weighted by molar-refractivity contribution is 0.217. The zero-order valence-electron chi connectivity index (χ0n) is 17.0. The number of aryl methyl sites for hydroxylation is 1. The molecule has 0 aliphatic carbocycles. The highest BCUT2D eigenvalue weighted by Crippen LogP contribution is 2.30. The fourth-order valence-corrected chi connectivity index (χ4v) is 6.06. The number of nitrogens with zero attached hydrogens (tertiary/aromatic N) is 5. The number of aromatic nitrogens is 4. The Bertz CT molecular complexity index is 1100. The minimum atomic E-state index is -2.95. The van der Waals surface area contributed by atoms with Crippen LogP contribution in [0.3, 0.4) is 0 Å². The monoisotopic (exact) mass is 435 g/mol. The van der Waals surface area contributed by atoms with Gasteiger partial charge in [-0.25, -0.2) is 8.42 Å². The fraction of sp³-hybridized carbons (Fsp3) is 0.526. The molecule has 0 N–H and O–H groups in total. The second kappa shape index (κ2) is 7.66. The second-order valence-electron chi connectivity index (χ2n) is 7.66. The molecular formula is C19H25N5O3S2. The number of thiophene rings is 1. The molecule has 156 valence electrons. The van der Waals surface area contributed by atoms with E-state index in [9.17, 15) is 8.42 Å². The zero-order chi connectivity index (χ0) is 20.8. The van der Waals surface area contributed by atoms with Gasteiger partial charge in [0.15, 0.2) is 9.84 Å². The summed E-state index contributed by atoms with van der Waals surface area (Å²) in [6.45, 7) is 6.68. The largest absolute Gasteiger partial charge is 0.418 e. The van der Waals surface area contributed by atoms with E-state index in [1.807, 2.05) is 50.0 Å². The van der Waals surface area contributed by atoms with Crippen LogP contribution < -0.4 is 0 Å². The third kappa shape index (κ3) is 4.01. The topological polar surface area (TPSA) is 94.1 Å². The smallest absolute Gasteiger partial charge is 0.257 e. The van der Waals surface area contributed by atoms with Gasteiger partial charge in [-0.2, -0.15) is 5.10 Å². The van der Waals surface area contributed by atoms with Crippen LogP contribution >= 0.6 is 11.3 Å². The van der Waals surface area contributed by atoms with E-state index in [2.05, 4.69) is 20.2 Å². The van der Waals surface area contributed by atoms with E-state index in [-0.39, 0.29) is 23.6 Å². The summed E-state index contributed by atoms with van der Waals surface area (Å²) < 4.78 is 31.5. The average Bonchev–Trinajstić information content (AvgIpc) is 3.44. The molecule has 3 aromatic rings. The molecular weight excluding hydrogens is 410 g/mol. The van der Waals surface area contributed by atoms with Gasteiger partial charge in [-0.15, -0.1) is 21.5 Å². The third-order valence-corrected chi connectivity index (χ3v) is 8.24. The first-order chi connectivity index (χ1) is 13.7. The second-order valence-corrected chi connectivity index (χ2v) is 10.8. The number of rotatable bonds is 6. The van der Waals surface area contributed by atoms with Gasteiger partial charge in [0.25, 0.3) is 5.89 Å². The molecule has 0 saturated carbocycles. The standard InChI is InChI=1S/C19H25N5O3S2/c1-12-16(13(2)24(22-12)15-7-9-29(25,26)11-15)10-23(4)14(3)18-20-21-19(27-18)17-6-5-8-28-17/h5-6,8,14-15H,7,9-11H2,1-4H3/t14-,15-/m0/s1. The SMILES string of the molecule is Cc1nn([C@H]2CCS(=O)(=O)C2)c(C)c1CN(C)[C@@H](C)c1nnc(-c2cccs2)o1. The van der Waals surface area contributed by atoms with Crippen LogP contribution in [-0.4, -0.2) is 51.8 Å². The molecule has 1 aliphatic rings. The lowest BCUT2D eigenvalue weighted by atomic mass is 10.1. The molecule has 1 fully saturated rings. The molecule has 1 saturated heterocycles. The van der Waals surface area contributed by atoms with Crippen molar-refractivity contribution in [3.05, 3.63) is 40.4 Å². The Morgan fingerprint density at radius 1 is 1.38 bits per heavy atom. The molecule has 4 rings (SSSR count). The Morgan fingerprint density at radius 3 is 2.83 bits per heavy atom. The Morgan fingerprint density at radius 2 is 2.17 bits per heavy atom. The molecule has 1 aliphatic heterocycles. The van der Waals surface area contributed by atoms with Crippen LogP contribution in [-0.2, 0) is 16.4 Å². The quantitative estimate of drug-likeness (QED) is 0.587. The van der Waals surface area contributed by atoms with Gasteiger partial charge in [0.2, 0.25) is 5.89 Å². The molecule has 4 heterocycles. The number of hydrogen-bond acceptors (Lipinski definition) is 8. The maximum atomic E-state index is 11.9. The van der Waals surface area contributed by atoms with Crippen molar-refractivity contribution < 1.29 is 12.8 Å². The first-order valence-electron chi connectivity index (χ1n) is 9.57. The van der Waals surface area contributed by atoms with Gasteiger partial charge in [-0.3, -0.25) is 9.58 Å². The van der Waals surface area contributed by atoms with E-state index in [0.29, 0.717) is 24.7 Å². The van der Waals surface area contributed by atoms with Gasteiger partial charge < -0.3 is 4.42 Å². The molecule has 0 radical (unpaired) electrons. The van der Waals surface area contributed by atoms with Gasteiger partial charge in [-0.05, 0) is 45.7 Å². The van der Waals surface area contributed by atoms with Crippen LogP contribution in [0.2, 0.25) is 0 Å². The first-order valence-corrected chi connectivity index (χ1v) is 12.3. The molecule has 10 heteroatoms. The predicted octanol–water partition coefficient (Wildman–Crippen LogP) is 3.16. The zero-order valence-corrected chi connectivity index (χ0v) is 18.6. The highest BCUT2D eigenvalue weighted by atomic mass is 32.2. The van der Waals surface area contributed by atoms with Gasteiger partial charge in [0.1, 0.15) is 0 Å². The molecule has 2 atom stereocenters. The summed E-state index contributed by atoms with van der Waals surface area (Å²) >= 11 is 1.57. The van der Waals surface area contributed by atoms with Crippen LogP contribution in [0.15, 0.2) is 21.9 Å². The summed E-state index contributed by atoms with van der Waals surface area (Å²) in [5, 5.41) is 15.0. The van der Waals surface area contributed by atoms with Crippen LogP contribution in [0, 0.1) is 13.8 Å². The molecule has 0 aromatic carbocycles. The average molecular weight is 436 g/mol. The van der Waals surface area contributed by atoms with Crippen molar-refractivity contribution in [1.29, 1.82) is 0 Å². The van der Waals surface area contributed by atoms with E-state index < -0.39 is 9.84 Å². The fourth-order valence-electron chi connectivity index (χ4n) is 3.73. The summed E-state index contributed by atoms with van der Waals surface area (Å²) in [4.78, 5) is 3.09. The van der Waals surface area contributed by atoms with E-state index in [1.54, 1.807) is 11.3 Å². The van der Waals surface area contributed by atoms with Crippen LogP contribution in [0.1, 0.15) is 48.3 Å². The minimum Gasteiger partial charge on any atom is -0.418 e. The van der Waals surface area contributed by atoms with Gasteiger partial charge >= 0.3 is 0 Å². The summed E-state index contributed by atoms with van der Waals surface area (Å²) in [7, 11) is -0.941. The summed E-state index contributed by atoms with van der Waals surface area (Å²) in [5.74, 6) is 1.53. The molecule has 0 amide bonds. The lowest BCUT2D eigenvalue weighted by Crippen LogP contribution is -2.23. The first kappa shape index (κ1) is 20.2. The van der Waals surface area contributed by atoms with Crippen LogP contribution in [0.25, 0.3) is 10.8 Å². The maximum Gasteiger partial charge on any atom is 0.257 e. The van der Waals surface area contributed by atoms with Crippen molar-refractivity contribution in [2.45, 2.75) is 45.8 Å². The molecule has 3 aromatic heterocycles. The van der Waals surface area contributed by atoms with Crippen LogP contribution in [0.5, 0.6) is 0 Å². The van der Waals surface area contributed by atoms with Crippen LogP contribution in [0.4, 0.5) is 0 Å². The van der Waals surface area contributed by atoms with Crippen molar-refractivity contribution in [2.75, 3.05) is 18.6 Å². The molecule has 0 spiro atoms. The molecule has 0 bridgehead atoms. The van der Waals surface area contributed by atoms with Crippen molar-refractivity contribution in [3.8, 4) is 10.8 Å². The maximum absolute atomic E-state index is 11.9. The van der Waals surface area contributed by atoms with Gasteiger partial charge in [0.05, 0.1) is 34.2 Å². The molecule has 29 heavy (non-hydrogen) atoms. The van der Waals surface area contributed by atoms with Crippen molar-refractivity contribution in [1.82, 2.24) is 24.9 Å². The van der Waals surface area contributed by atoms with Gasteiger partial charge in [0, 0.05) is 17.8 Å². The summed E-state index contributed by atoms with van der Waals surface area (Å²) in [6, 6.07) is 3.78. The Labute approximate surface area is 174 Å². The van der Waals surface area contributed by atoms with E-state index >= 15 is 0 Å². The van der Waals surface area contributed by atoms with E-state index in [4.69, 9.17) is 4.42 Å². The Hall–Kier alpha value is -2.04. The van der Waals surface area contributed by atoms with E-state index in [0.717, 1.165) is 21.8 Å². The highest BCUT2D eigenvalue weighted by Gasteiger charge is 2.32. The Balaban J connectivity index is 1.50. The Kier molecular flexibility index (Phi) is 5.34. The molecule has 8 nitrogen and oxygen atoms in total.